The highest BCUT2D eigenvalue weighted by Crippen LogP contribution is 2.17. The summed E-state index contributed by atoms with van der Waals surface area (Å²) in [6, 6.07) is 8.21. The Kier molecular flexibility index (Phi) is 6.50. The van der Waals surface area contributed by atoms with E-state index in [0.717, 1.165) is 30.7 Å². The molecule has 0 aliphatic rings. The molecule has 0 amide bonds. The quantitative estimate of drug-likeness (QED) is 0.716. The van der Waals surface area contributed by atoms with Crippen LogP contribution in [0.2, 0.25) is 0 Å². The molecule has 0 fully saturated rings. The van der Waals surface area contributed by atoms with Crippen LogP contribution in [0.1, 0.15) is 12.5 Å². The fourth-order valence-corrected chi connectivity index (χ4v) is 1.99. The number of hydrogen-bond donors (Lipinski definition) is 0. The fourth-order valence-electron chi connectivity index (χ4n) is 1.58. The van der Waals surface area contributed by atoms with Gasteiger partial charge in [0.15, 0.2) is 0 Å². The molecule has 0 aromatic heterocycles. The highest BCUT2D eigenvalue weighted by Gasteiger charge is 2.08. The second-order valence-corrected chi connectivity index (χ2v) is 4.38. The zero-order valence-corrected chi connectivity index (χ0v) is 11.5. The Balaban J connectivity index is 2.55. The SMILES string of the molecule is CCOCC(CBr)Cc1cccc(OC)c1. The predicted octanol–water partition coefficient (Wildman–Crippen LogP) is 3.29. The van der Waals surface area contributed by atoms with Crippen LogP contribution in [0.25, 0.3) is 0 Å². The van der Waals surface area contributed by atoms with Crippen LogP contribution in [0.3, 0.4) is 0 Å². The van der Waals surface area contributed by atoms with Crippen molar-refractivity contribution in [2.24, 2.45) is 5.92 Å². The maximum Gasteiger partial charge on any atom is 0.119 e. The van der Waals surface area contributed by atoms with Crippen molar-refractivity contribution >= 4 is 15.9 Å². The third-order valence-electron chi connectivity index (χ3n) is 2.43. The van der Waals surface area contributed by atoms with E-state index in [1.807, 2.05) is 19.1 Å². The van der Waals surface area contributed by atoms with Crippen molar-refractivity contribution < 1.29 is 9.47 Å². The number of hydrogen-bond acceptors (Lipinski definition) is 2. The molecule has 0 heterocycles. The lowest BCUT2D eigenvalue weighted by Gasteiger charge is -2.14. The lowest BCUT2D eigenvalue weighted by molar-refractivity contribution is 0.118. The molecule has 1 aromatic rings. The summed E-state index contributed by atoms with van der Waals surface area (Å²) in [5.74, 6) is 1.44. The van der Waals surface area contributed by atoms with Crippen molar-refractivity contribution in [2.75, 3.05) is 25.7 Å². The first-order valence-corrected chi connectivity index (χ1v) is 6.69. The Morgan fingerprint density at radius 1 is 1.38 bits per heavy atom. The first-order valence-electron chi connectivity index (χ1n) is 5.56. The second-order valence-electron chi connectivity index (χ2n) is 3.74. The molecule has 0 saturated heterocycles. The van der Waals surface area contributed by atoms with Gasteiger partial charge in [-0.05, 0) is 37.0 Å². The number of ether oxygens (including phenoxy) is 2. The van der Waals surface area contributed by atoms with Crippen LogP contribution in [-0.4, -0.2) is 25.7 Å². The van der Waals surface area contributed by atoms with Gasteiger partial charge in [-0.15, -0.1) is 0 Å². The summed E-state index contributed by atoms with van der Waals surface area (Å²) >= 11 is 3.53. The maximum absolute atomic E-state index is 5.45. The van der Waals surface area contributed by atoms with Gasteiger partial charge in [0.25, 0.3) is 0 Å². The topological polar surface area (TPSA) is 18.5 Å². The van der Waals surface area contributed by atoms with Gasteiger partial charge in [0.05, 0.1) is 13.7 Å². The molecule has 0 spiro atoms. The molecule has 16 heavy (non-hydrogen) atoms. The molecule has 0 aliphatic heterocycles. The summed E-state index contributed by atoms with van der Waals surface area (Å²) in [6.07, 6.45) is 1.02. The summed E-state index contributed by atoms with van der Waals surface area (Å²) < 4.78 is 10.7. The van der Waals surface area contributed by atoms with Gasteiger partial charge in [0.2, 0.25) is 0 Å². The summed E-state index contributed by atoms with van der Waals surface area (Å²) in [4.78, 5) is 0. The first-order chi connectivity index (χ1) is 7.80. The lowest BCUT2D eigenvalue weighted by Crippen LogP contribution is -2.14. The summed E-state index contributed by atoms with van der Waals surface area (Å²) in [5, 5.41) is 0.963. The molecule has 1 atom stereocenters. The first kappa shape index (κ1) is 13.5. The average molecular weight is 287 g/mol. The van der Waals surface area contributed by atoms with Gasteiger partial charge < -0.3 is 9.47 Å². The molecule has 0 aliphatic carbocycles. The zero-order valence-electron chi connectivity index (χ0n) is 9.91. The van der Waals surface area contributed by atoms with Crippen molar-refractivity contribution in [3.8, 4) is 5.75 Å². The van der Waals surface area contributed by atoms with Crippen LogP contribution in [0.5, 0.6) is 5.75 Å². The van der Waals surface area contributed by atoms with Crippen LogP contribution >= 0.6 is 15.9 Å². The molecule has 0 saturated carbocycles. The minimum absolute atomic E-state index is 0.520. The molecule has 1 rings (SSSR count). The summed E-state index contributed by atoms with van der Waals surface area (Å²) in [5.41, 5.74) is 1.29. The smallest absolute Gasteiger partial charge is 0.119 e. The van der Waals surface area contributed by atoms with Crippen molar-refractivity contribution in [2.45, 2.75) is 13.3 Å². The van der Waals surface area contributed by atoms with Gasteiger partial charge >= 0.3 is 0 Å². The van der Waals surface area contributed by atoms with Crippen LogP contribution < -0.4 is 4.74 Å². The standard InChI is InChI=1S/C13H19BrO2/c1-3-16-10-12(9-14)7-11-5-4-6-13(8-11)15-2/h4-6,8,12H,3,7,9-10H2,1-2H3. The third kappa shape index (κ3) is 4.54. The molecule has 2 nitrogen and oxygen atoms in total. The minimum Gasteiger partial charge on any atom is -0.497 e. The van der Waals surface area contributed by atoms with E-state index in [2.05, 4.69) is 28.1 Å². The lowest BCUT2D eigenvalue weighted by atomic mass is 10.0. The van der Waals surface area contributed by atoms with Gasteiger partial charge in [-0.3, -0.25) is 0 Å². The Labute approximate surface area is 106 Å². The van der Waals surface area contributed by atoms with Gasteiger partial charge in [0, 0.05) is 11.9 Å². The van der Waals surface area contributed by atoms with Crippen molar-refractivity contribution in [3.05, 3.63) is 29.8 Å². The van der Waals surface area contributed by atoms with Crippen LogP contribution in [0.15, 0.2) is 24.3 Å². The molecule has 1 unspecified atom stereocenters. The van der Waals surface area contributed by atoms with Gasteiger partial charge in [0.1, 0.15) is 5.75 Å². The molecule has 3 heteroatoms. The number of alkyl halides is 1. The number of benzene rings is 1. The highest BCUT2D eigenvalue weighted by atomic mass is 79.9. The molecule has 1 aromatic carbocycles. The Morgan fingerprint density at radius 2 is 2.19 bits per heavy atom. The number of rotatable bonds is 7. The maximum atomic E-state index is 5.45. The Hall–Kier alpha value is -0.540. The molecule has 0 N–H and O–H groups in total. The molecule has 0 radical (unpaired) electrons. The number of methoxy groups -OCH3 is 1. The highest BCUT2D eigenvalue weighted by molar-refractivity contribution is 9.09. The largest absolute Gasteiger partial charge is 0.497 e. The van der Waals surface area contributed by atoms with Crippen molar-refractivity contribution in [1.82, 2.24) is 0 Å². The molecule has 90 valence electrons. The fraction of sp³-hybridized carbons (Fsp3) is 0.538. The number of halogens is 1. The van der Waals surface area contributed by atoms with Crippen molar-refractivity contribution in [3.63, 3.8) is 0 Å². The van der Waals surface area contributed by atoms with E-state index in [9.17, 15) is 0 Å². The summed E-state index contributed by atoms with van der Waals surface area (Å²) in [7, 11) is 1.70. The predicted molar refractivity (Wildman–Crippen MR) is 70.5 cm³/mol. The van der Waals surface area contributed by atoms with E-state index < -0.39 is 0 Å². The van der Waals surface area contributed by atoms with E-state index in [1.165, 1.54) is 5.56 Å². The van der Waals surface area contributed by atoms with E-state index in [4.69, 9.17) is 9.47 Å². The monoisotopic (exact) mass is 286 g/mol. The third-order valence-corrected chi connectivity index (χ3v) is 3.35. The Bertz CT molecular complexity index is 302. The molecule has 0 bridgehead atoms. The molecular formula is C13H19BrO2. The Morgan fingerprint density at radius 3 is 2.81 bits per heavy atom. The van der Waals surface area contributed by atoms with Crippen LogP contribution in [0, 0.1) is 5.92 Å². The normalized spacial score (nSPS) is 12.4. The molecular weight excluding hydrogens is 268 g/mol. The van der Waals surface area contributed by atoms with E-state index >= 15 is 0 Å². The van der Waals surface area contributed by atoms with Crippen LogP contribution in [0.4, 0.5) is 0 Å². The second kappa shape index (κ2) is 7.69. The average Bonchev–Trinajstić information content (AvgIpc) is 2.34. The van der Waals surface area contributed by atoms with E-state index in [-0.39, 0.29) is 0 Å². The van der Waals surface area contributed by atoms with Gasteiger partial charge in [-0.1, -0.05) is 28.1 Å². The minimum atomic E-state index is 0.520. The van der Waals surface area contributed by atoms with E-state index in [0.29, 0.717) is 5.92 Å². The van der Waals surface area contributed by atoms with Gasteiger partial charge in [-0.25, -0.2) is 0 Å². The van der Waals surface area contributed by atoms with Gasteiger partial charge in [-0.2, -0.15) is 0 Å². The van der Waals surface area contributed by atoms with Crippen LogP contribution in [-0.2, 0) is 11.2 Å². The van der Waals surface area contributed by atoms with E-state index in [1.54, 1.807) is 7.11 Å². The summed E-state index contributed by atoms with van der Waals surface area (Å²) in [6.45, 7) is 3.61. The zero-order chi connectivity index (χ0) is 11.8. The van der Waals surface area contributed by atoms with Crippen molar-refractivity contribution in [1.29, 1.82) is 0 Å².